The molecular formula is C24H25O3S+. The van der Waals surface area contributed by atoms with Crippen LogP contribution >= 0.6 is 10.5 Å². The minimum absolute atomic E-state index is 0.0833. The van der Waals surface area contributed by atoms with Gasteiger partial charge in [0, 0.05) is 33.6 Å². The SMILES string of the molecule is C#CC(C)(C)OC(=O)COc1c(C)cc(-[s+]2cc(C)c3ccccc32)cc1C. The van der Waals surface area contributed by atoms with Crippen molar-refractivity contribution in [3.63, 3.8) is 0 Å². The van der Waals surface area contributed by atoms with Gasteiger partial charge in [-0.05, 0) is 57.9 Å². The lowest BCUT2D eigenvalue weighted by Gasteiger charge is -2.19. The van der Waals surface area contributed by atoms with Crippen LogP contribution in [0.5, 0.6) is 5.75 Å². The first-order chi connectivity index (χ1) is 13.2. The van der Waals surface area contributed by atoms with Gasteiger partial charge < -0.3 is 9.47 Å². The molecular weight excluding hydrogens is 368 g/mol. The van der Waals surface area contributed by atoms with Crippen molar-refractivity contribution in [2.45, 2.75) is 40.2 Å². The maximum atomic E-state index is 12.0. The van der Waals surface area contributed by atoms with Crippen molar-refractivity contribution in [3.8, 4) is 23.0 Å². The van der Waals surface area contributed by atoms with E-state index in [1.807, 2.05) is 13.8 Å². The first-order valence-electron chi connectivity index (χ1n) is 9.16. The molecule has 0 radical (unpaired) electrons. The van der Waals surface area contributed by atoms with Gasteiger partial charge in [0.05, 0.1) is 0 Å². The van der Waals surface area contributed by atoms with Gasteiger partial charge in [-0.1, -0.05) is 18.1 Å². The highest BCUT2D eigenvalue weighted by Gasteiger charge is 2.22. The Morgan fingerprint density at radius 1 is 1.11 bits per heavy atom. The Kier molecular flexibility index (Phi) is 5.49. The summed E-state index contributed by atoms with van der Waals surface area (Å²) in [4.78, 5) is 13.3. The van der Waals surface area contributed by atoms with E-state index in [1.54, 1.807) is 13.8 Å². The van der Waals surface area contributed by atoms with Crippen LogP contribution in [0.15, 0.2) is 41.8 Å². The quantitative estimate of drug-likeness (QED) is 0.310. The molecule has 1 aromatic heterocycles. The minimum atomic E-state index is -0.935. The largest absolute Gasteiger partial charge is 0.481 e. The molecule has 1 unspecified atom stereocenters. The summed E-state index contributed by atoms with van der Waals surface area (Å²) >= 11 is 0. The monoisotopic (exact) mass is 393 g/mol. The average Bonchev–Trinajstić information content (AvgIpc) is 2.98. The first kappa shape index (κ1) is 20.0. The first-order valence-corrected chi connectivity index (χ1v) is 10.4. The highest BCUT2D eigenvalue weighted by Crippen LogP contribution is 2.43. The fourth-order valence-corrected chi connectivity index (χ4v) is 5.52. The number of rotatable bonds is 5. The van der Waals surface area contributed by atoms with Crippen molar-refractivity contribution in [3.05, 3.63) is 58.5 Å². The summed E-state index contributed by atoms with van der Waals surface area (Å²) < 4.78 is 12.4. The lowest BCUT2D eigenvalue weighted by Crippen LogP contribution is -2.29. The van der Waals surface area contributed by atoms with E-state index >= 15 is 0 Å². The number of fused-ring (bicyclic) bond motifs is 1. The summed E-state index contributed by atoms with van der Waals surface area (Å²) in [6.45, 7) is 9.35. The number of carbonyl (C=O) groups excluding carboxylic acids is 1. The third kappa shape index (κ3) is 4.05. The molecule has 3 rings (SSSR count). The Balaban J connectivity index is 1.85. The Hall–Kier alpha value is -2.77. The molecule has 0 fully saturated rings. The number of ether oxygens (including phenoxy) is 2. The van der Waals surface area contributed by atoms with Crippen molar-refractivity contribution < 1.29 is 14.3 Å². The van der Waals surface area contributed by atoms with Crippen LogP contribution in [-0.4, -0.2) is 18.2 Å². The van der Waals surface area contributed by atoms with E-state index in [0.717, 1.165) is 16.9 Å². The number of thiophene rings is 1. The molecule has 0 saturated carbocycles. The molecule has 1 heterocycles. The van der Waals surface area contributed by atoms with Crippen molar-refractivity contribution >= 4 is 26.5 Å². The van der Waals surface area contributed by atoms with E-state index in [1.165, 1.54) is 20.5 Å². The normalized spacial score (nSPS) is 11.9. The molecule has 2 aromatic carbocycles. The Morgan fingerprint density at radius 2 is 1.75 bits per heavy atom. The molecule has 3 aromatic rings. The second-order valence-electron chi connectivity index (χ2n) is 7.44. The lowest BCUT2D eigenvalue weighted by atomic mass is 10.1. The number of benzene rings is 2. The zero-order chi connectivity index (χ0) is 20.5. The van der Waals surface area contributed by atoms with Gasteiger partial charge in [0.1, 0.15) is 11.1 Å². The zero-order valence-electron chi connectivity index (χ0n) is 17.0. The standard InChI is InChI=1S/C24H25O3S/c1-7-24(5,6)27-22(25)14-26-23-16(2)12-19(13-17(23)3)28-15-18(4)20-10-8-9-11-21(20)28/h1,8-13,15H,14H2,2-6H3/q+1. The van der Waals surface area contributed by atoms with E-state index in [2.05, 4.69) is 54.6 Å². The van der Waals surface area contributed by atoms with E-state index in [-0.39, 0.29) is 17.1 Å². The second kappa shape index (κ2) is 7.69. The molecule has 0 aliphatic rings. The molecule has 0 bridgehead atoms. The van der Waals surface area contributed by atoms with Crippen LogP contribution in [0.1, 0.15) is 30.5 Å². The lowest BCUT2D eigenvalue weighted by molar-refractivity contribution is -0.154. The smallest absolute Gasteiger partial charge is 0.345 e. The van der Waals surface area contributed by atoms with Crippen LogP contribution in [0.3, 0.4) is 0 Å². The number of esters is 1. The van der Waals surface area contributed by atoms with E-state index in [9.17, 15) is 4.79 Å². The molecule has 3 nitrogen and oxygen atoms in total. The number of carbonyl (C=O) groups is 1. The maximum Gasteiger partial charge on any atom is 0.345 e. The Labute approximate surface area is 169 Å². The van der Waals surface area contributed by atoms with Gasteiger partial charge in [-0.2, -0.15) is 0 Å². The van der Waals surface area contributed by atoms with Crippen molar-refractivity contribution in [1.82, 2.24) is 0 Å². The number of hydrogen-bond acceptors (Lipinski definition) is 3. The highest BCUT2D eigenvalue weighted by atomic mass is 32.2. The fraction of sp³-hybridized carbons (Fsp3) is 0.292. The molecule has 0 saturated heterocycles. The van der Waals surface area contributed by atoms with Crippen LogP contribution in [0.2, 0.25) is 0 Å². The molecule has 0 amide bonds. The molecule has 0 N–H and O–H groups in total. The average molecular weight is 394 g/mol. The van der Waals surface area contributed by atoms with Crippen LogP contribution in [0.25, 0.3) is 15.0 Å². The van der Waals surface area contributed by atoms with Crippen LogP contribution in [0, 0.1) is 33.1 Å². The molecule has 1 atom stereocenters. The molecule has 144 valence electrons. The molecule has 0 spiro atoms. The van der Waals surface area contributed by atoms with Crippen molar-refractivity contribution in [2.75, 3.05) is 6.61 Å². The summed E-state index contributed by atoms with van der Waals surface area (Å²) in [5, 5.41) is 3.65. The summed E-state index contributed by atoms with van der Waals surface area (Å²) in [6.07, 6.45) is 5.36. The van der Waals surface area contributed by atoms with Crippen LogP contribution in [-0.2, 0) is 9.53 Å². The minimum Gasteiger partial charge on any atom is -0.481 e. The number of aryl methyl sites for hydroxylation is 3. The van der Waals surface area contributed by atoms with Gasteiger partial charge in [0.15, 0.2) is 21.8 Å². The van der Waals surface area contributed by atoms with E-state index in [4.69, 9.17) is 15.9 Å². The molecule has 4 heteroatoms. The zero-order valence-corrected chi connectivity index (χ0v) is 17.8. The predicted molar refractivity (Wildman–Crippen MR) is 116 cm³/mol. The van der Waals surface area contributed by atoms with Gasteiger partial charge in [-0.25, -0.2) is 4.79 Å². The van der Waals surface area contributed by atoms with Crippen molar-refractivity contribution in [2.24, 2.45) is 0 Å². The fourth-order valence-electron chi connectivity index (χ4n) is 3.22. The van der Waals surface area contributed by atoms with Crippen LogP contribution in [0.4, 0.5) is 0 Å². The van der Waals surface area contributed by atoms with Gasteiger partial charge in [-0.3, -0.25) is 0 Å². The molecule has 0 aliphatic carbocycles. The molecule has 28 heavy (non-hydrogen) atoms. The van der Waals surface area contributed by atoms with E-state index < -0.39 is 11.6 Å². The summed E-state index contributed by atoms with van der Waals surface area (Å²) in [7, 11) is -0.0833. The predicted octanol–water partition coefficient (Wildman–Crippen LogP) is 5.84. The third-order valence-electron chi connectivity index (χ3n) is 4.58. The van der Waals surface area contributed by atoms with Gasteiger partial charge in [-0.15, -0.1) is 6.42 Å². The van der Waals surface area contributed by atoms with Gasteiger partial charge in [0.25, 0.3) is 0 Å². The highest BCUT2D eigenvalue weighted by molar-refractivity contribution is 7.43. The van der Waals surface area contributed by atoms with E-state index in [0.29, 0.717) is 0 Å². The maximum absolute atomic E-state index is 12.0. The van der Waals surface area contributed by atoms with Gasteiger partial charge >= 0.3 is 5.97 Å². The summed E-state index contributed by atoms with van der Waals surface area (Å²) in [6, 6.07) is 12.8. The summed E-state index contributed by atoms with van der Waals surface area (Å²) in [5.41, 5.74) is 2.38. The Bertz CT molecular complexity index is 1060. The number of hydrogen-bond donors (Lipinski definition) is 0. The molecule has 0 aliphatic heterocycles. The van der Waals surface area contributed by atoms with Gasteiger partial charge in [0.2, 0.25) is 0 Å². The summed E-state index contributed by atoms with van der Waals surface area (Å²) in [5.74, 6) is 2.68. The number of terminal acetylenes is 1. The van der Waals surface area contributed by atoms with Crippen molar-refractivity contribution in [1.29, 1.82) is 0 Å². The topological polar surface area (TPSA) is 35.5 Å². The van der Waals surface area contributed by atoms with Crippen LogP contribution < -0.4 is 4.74 Å². The second-order valence-corrected chi connectivity index (χ2v) is 9.26. The third-order valence-corrected chi connectivity index (χ3v) is 6.74. The Morgan fingerprint density at radius 3 is 2.39 bits per heavy atom.